The zero-order valence-electron chi connectivity index (χ0n) is 16.4. The summed E-state index contributed by atoms with van der Waals surface area (Å²) < 4.78 is 45.1. The number of carbonyl (C=O) groups is 1. The van der Waals surface area contributed by atoms with Crippen molar-refractivity contribution in [3.63, 3.8) is 0 Å². The molecule has 0 fully saturated rings. The highest BCUT2D eigenvalue weighted by molar-refractivity contribution is 6.05. The molecule has 0 aliphatic rings. The van der Waals surface area contributed by atoms with E-state index in [9.17, 15) is 18.0 Å². The highest BCUT2D eigenvalue weighted by atomic mass is 19.4. The summed E-state index contributed by atoms with van der Waals surface area (Å²) in [7, 11) is 0. The molecule has 0 spiro atoms. The van der Waals surface area contributed by atoms with Gasteiger partial charge in [0.1, 0.15) is 12.1 Å². The molecule has 2 heterocycles. The van der Waals surface area contributed by atoms with E-state index < -0.39 is 18.6 Å². The Morgan fingerprint density at radius 3 is 2.46 bits per heavy atom. The molecule has 1 N–H and O–H groups in total. The van der Waals surface area contributed by atoms with E-state index in [1.165, 1.54) is 13.0 Å². The Balaban J connectivity index is 1.86. The van der Waals surface area contributed by atoms with E-state index in [2.05, 4.69) is 10.3 Å². The number of carbonyl (C=O) groups excluding carboxylic acids is 1. The molecule has 1 amide bonds. The van der Waals surface area contributed by atoms with Crippen LogP contribution in [0.1, 0.15) is 48.4 Å². The number of anilines is 1. The first-order valence-electron chi connectivity index (χ1n) is 8.81. The molecule has 8 heteroatoms. The van der Waals surface area contributed by atoms with Crippen LogP contribution in [0.4, 0.5) is 18.9 Å². The van der Waals surface area contributed by atoms with E-state index in [0.29, 0.717) is 28.4 Å². The largest absolute Gasteiger partial charge is 0.440 e. The Morgan fingerprint density at radius 1 is 1.18 bits per heavy atom. The molecule has 0 saturated heterocycles. The van der Waals surface area contributed by atoms with Gasteiger partial charge in [0, 0.05) is 22.5 Å². The van der Waals surface area contributed by atoms with Crippen LogP contribution in [0.2, 0.25) is 0 Å². The van der Waals surface area contributed by atoms with Gasteiger partial charge in [0.25, 0.3) is 5.91 Å². The Kier molecular flexibility index (Phi) is 4.77. The second-order valence-corrected chi connectivity index (χ2v) is 7.89. The average molecular weight is 393 g/mol. The predicted molar refractivity (Wildman–Crippen MR) is 101 cm³/mol. The zero-order chi connectivity index (χ0) is 20.9. The van der Waals surface area contributed by atoms with E-state index in [1.54, 1.807) is 25.1 Å². The van der Waals surface area contributed by atoms with Gasteiger partial charge in [-0.15, -0.1) is 0 Å². The van der Waals surface area contributed by atoms with Crippen molar-refractivity contribution in [1.82, 2.24) is 9.55 Å². The molecule has 1 aromatic carbocycles. The number of amides is 1. The lowest BCUT2D eigenvalue weighted by molar-refractivity contribution is -0.141. The number of hydrogen-bond donors (Lipinski definition) is 1. The Labute approximate surface area is 160 Å². The molecule has 0 aliphatic heterocycles. The highest BCUT2D eigenvalue weighted by Gasteiger charge is 2.30. The van der Waals surface area contributed by atoms with E-state index in [4.69, 9.17) is 4.42 Å². The fourth-order valence-electron chi connectivity index (χ4n) is 2.98. The first kappa shape index (κ1) is 20.0. The fourth-order valence-corrected chi connectivity index (χ4v) is 2.98. The van der Waals surface area contributed by atoms with Crippen molar-refractivity contribution in [1.29, 1.82) is 0 Å². The first-order valence-corrected chi connectivity index (χ1v) is 8.81. The smallest absolute Gasteiger partial charge is 0.406 e. The van der Waals surface area contributed by atoms with Crippen LogP contribution in [-0.2, 0) is 12.0 Å². The third kappa shape index (κ3) is 4.05. The summed E-state index contributed by atoms with van der Waals surface area (Å²) in [5.41, 5.74) is 2.30. The number of rotatable bonds is 3. The lowest BCUT2D eigenvalue weighted by Gasteiger charge is -2.12. The van der Waals surface area contributed by atoms with Crippen molar-refractivity contribution in [2.24, 2.45) is 0 Å². The molecule has 0 aliphatic carbocycles. The second kappa shape index (κ2) is 6.68. The lowest BCUT2D eigenvalue weighted by Crippen LogP contribution is -2.20. The van der Waals surface area contributed by atoms with Gasteiger partial charge in [-0.1, -0.05) is 20.8 Å². The summed E-state index contributed by atoms with van der Waals surface area (Å²) in [5.74, 6) is 0.113. The summed E-state index contributed by atoms with van der Waals surface area (Å²) >= 11 is 0. The van der Waals surface area contributed by atoms with Crippen LogP contribution in [-0.4, -0.2) is 21.6 Å². The van der Waals surface area contributed by atoms with Crippen LogP contribution in [0.15, 0.2) is 28.7 Å². The van der Waals surface area contributed by atoms with Crippen molar-refractivity contribution in [2.45, 2.75) is 52.8 Å². The van der Waals surface area contributed by atoms with E-state index in [0.717, 1.165) is 4.57 Å². The Morgan fingerprint density at radius 2 is 1.86 bits per heavy atom. The molecule has 150 valence electrons. The summed E-state index contributed by atoms with van der Waals surface area (Å²) in [6, 6.07) is 6.52. The molecule has 3 rings (SSSR count). The monoisotopic (exact) mass is 393 g/mol. The molecule has 2 aromatic heterocycles. The van der Waals surface area contributed by atoms with Crippen molar-refractivity contribution in [2.75, 3.05) is 5.32 Å². The summed E-state index contributed by atoms with van der Waals surface area (Å²) in [6.45, 7) is 7.87. The van der Waals surface area contributed by atoms with Crippen LogP contribution in [0.3, 0.4) is 0 Å². The van der Waals surface area contributed by atoms with Crippen molar-refractivity contribution >= 4 is 22.7 Å². The van der Waals surface area contributed by atoms with Gasteiger partial charge >= 0.3 is 6.18 Å². The van der Waals surface area contributed by atoms with Gasteiger partial charge in [-0.2, -0.15) is 13.2 Å². The number of aryl methyl sites for hydroxylation is 1. The quantitative estimate of drug-likeness (QED) is 0.652. The Hall–Kier alpha value is -2.77. The van der Waals surface area contributed by atoms with Crippen molar-refractivity contribution in [3.05, 3.63) is 47.1 Å². The fraction of sp³-hybridized carbons (Fsp3) is 0.400. The van der Waals surface area contributed by atoms with Crippen molar-refractivity contribution in [3.8, 4) is 0 Å². The first-order chi connectivity index (χ1) is 12.8. The molecule has 5 nitrogen and oxygen atoms in total. The van der Waals surface area contributed by atoms with E-state index in [-0.39, 0.29) is 16.7 Å². The third-order valence-electron chi connectivity index (χ3n) is 4.44. The van der Waals surface area contributed by atoms with Gasteiger partial charge in [0.2, 0.25) is 5.89 Å². The number of halogens is 3. The molecular weight excluding hydrogens is 371 g/mol. The summed E-state index contributed by atoms with van der Waals surface area (Å²) in [5, 5.41) is 2.73. The molecule has 0 radical (unpaired) electrons. The molecule has 0 unspecified atom stereocenters. The van der Waals surface area contributed by atoms with E-state index >= 15 is 0 Å². The normalized spacial score (nSPS) is 12.6. The Bertz CT molecular complexity index is 1040. The standard InChI is InChI=1S/C20H22F3N3O2/c1-11-8-14(12(2)26(11)10-20(21,22)23)17(27)24-13-6-7-16-15(9-13)25-18(28-16)19(3,4)5/h6-9H,10H2,1-5H3,(H,24,27). The number of aromatic nitrogens is 2. The maximum absolute atomic E-state index is 12.8. The topological polar surface area (TPSA) is 60.1 Å². The second-order valence-electron chi connectivity index (χ2n) is 7.89. The minimum Gasteiger partial charge on any atom is -0.440 e. The third-order valence-corrected chi connectivity index (χ3v) is 4.44. The van der Waals surface area contributed by atoms with Gasteiger partial charge in [0.15, 0.2) is 5.58 Å². The van der Waals surface area contributed by atoms with Crippen molar-refractivity contribution < 1.29 is 22.4 Å². The average Bonchev–Trinajstić information content (AvgIpc) is 3.09. The van der Waals surface area contributed by atoms with Crippen LogP contribution >= 0.6 is 0 Å². The molecule has 0 bridgehead atoms. The van der Waals surface area contributed by atoms with Crippen LogP contribution in [0.25, 0.3) is 11.1 Å². The van der Waals surface area contributed by atoms with Gasteiger partial charge < -0.3 is 14.3 Å². The van der Waals surface area contributed by atoms with Gasteiger partial charge in [-0.05, 0) is 38.1 Å². The highest BCUT2D eigenvalue weighted by Crippen LogP contribution is 2.28. The molecule has 0 saturated carbocycles. The predicted octanol–water partition coefficient (Wildman–Crippen LogP) is 5.36. The maximum Gasteiger partial charge on any atom is 0.406 e. The number of fused-ring (bicyclic) bond motifs is 1. The zero-order valence-corrected chi connectivity index (χ0v) is 16.4. The number of benzene rings is 1. The van der Waals surface area contributed by atoms with Gasteiger partial charge in [0.05, 0.1) is 5.56 Å². The number of hydrogen-bond acceptors (Lipinski definition) is 3. The molecular formula is C20H22F3N3O2. The van der Waals surface area contributed by atoms with Gasteiger partial charge in [-0.25, -0.2) is 4.98 Å². The number of alkyl halides is 3. The summed E-state index contributed by atoms with van der Waals surface area (Å²) in [4.78, 5) is 17.1. The summed E-state index contributed by atoms with van der Waals surface area (Å²) in [6.07, 6.45) is -4.36. The number of nitrogens with zero attached hydrogens (tertiary/aromatic N) is 2. The lowest BCUT2D eigenvalue weighted by atomic mass is 9.97. The molecule has 28 heavy (non-hydrogen) atoms. The molecule has 0 atom stereocenters. The number of nitrogens with one attached hydrogen (secondary N) is 1. The van der Waals surface area contributed by atoms with Crippen LogP contribution in [0.5, 0.6) is 0 Å². The van der Waals surface area contributed by atoms with Crippen LogP contribution < -0.4 is 5.32 Å². The maximum atomic E-state index is 12.8. The minimum absolute atomic E-state index is 0.206. The molecule has 3 aromatic rings. The van der Waals surface area contributed by atoms with Crippen LogP contribution in [0, 0.1) is 13.8 Å². The van der Waals surface area contributed by atoms with E-state index in [1.807, 2.05) is 20.8 Å². The minimum atomic E-state index is -4.36. The van der Waals surface area contributed by atoms with Gasteiger partial charge in [-0.3, -0.25) is 4.79 Å². The SMILES string of the molecule is Cc1cc(C(=O)Nc2ccc3oc(C(C)(C)C)nc3c2)c(C)n1CC(F)(F)F. The number of oxazole rings is 1.